The van der Waals surface area contributed by atoms with Crippen LogP contribution in [0.4, 0.5) is 0 Å². The molecule has 0 amide bonds. The Balaban J connectivity index is 2.05. The Morgan fingerprint density at radius 1 is 1.35 bits per heavy atom. The average Bonchev–Trinajstić information content (AvgIpc) is 3.07. The van der Waals surface area contributed by atoms with Gasteiger partial charge in [-0.15, -0.1) is 0 Å². The average molecular weight is 333 g/mol. The maximum absolute atomic E-state index is 6.19. The van der Waals surface area contributed by atoms with Crippen molar-refractivity contribution in [1.29, 1.82) is 0 Å². The summed E-state index contributed by atoms with van der Waals surface area (Å²) in [4.78, 5) is 2.12. The minimum absolute atomic E-state index is 0.763. The summed E-state index contributed by atoms with van der Waals surface area (Å²) in [7, 11) is 2.05. The fourth-order valence-electron chi connectivity index (χ4n) is 3.08. The van der Waals surface area contributed by atoms with E-state index in [1.807, 2.05) is 25.3 Å². The standard InChI is InChI=1S/C18H23ClN3O/c1-4-21-15-10-9-14(19)13-16(15)22(5-2)17(21)7-6-8-18-20(3)11-12-23-18/h6-10,13H,4-5,11-12H2,1-3H3/q+1. The maximum atomic E-state index is 6.19. The molecule has 23 heavy (non-hydrogen) atoms. The Labute approximate surface area is 142 Å². The van der Waals surface area contributed by atoms with Crippen LogP contribution in [-0.4, -0.2) is 29.7 Å². The van der Waals surface area contributed by atoms with Gasteiger partial charge >= 0.3 is 0 Å². The molecule has 2 heterocycles. The molecule has 1 aromatic carbocycles. The summed E-state index contributed by atoms with van der Waals surface area (Å²) in [6.07, 6.45) is 6.23. The summed E-state index contributed by atoms with van der Waals surface area (Å²) in [5, 5.41) is 0.770. The lowest BCUT2D eigenvalue weighted by Gasteiger charge is -2.07. The Hall–Kier alpha value is -1.94. The zero-order valence-electron chi connectivity index (χ0n) is 13.9. The van der Waals surface area contributed by atoms with Gasteiger partial charge in [-0.2, -0.15) is 0 Å². The zero-order valence-corrected chi connectivity index (χ0v) is 14.7. The summed E-state index contributed by atoms with van der Waals surface area (Å²) in [5.74, 6) is 2.09. The van der Waals surface area contributed by atoms with E-state index in [9.17, 15) is 0 Å². The van der Waals surface area contributed by atoms with E-state index in [1.165, 1.54) is 16.9 Å². The van der Waals surface area contributed by atoms with Crippen molar-refractivity contribution in [1.82, 2.24) is 9.47 Å². The predicted octanol–water partition coefficient (Wildman–Crippen LogP) is 3.44. The molecule has 0 saturated carbocycles. The van der Waals surface area contributed by atoms with E-state index in [4.69, 9.17) is 16.3 Å². The molecular formula is C18H23ClN3O+. The lowest BCUT2D eigenvalue weighted by molar-refractivity contribution is -0.670. The summed E-state index contributed by atoms with van der Waals surface area (Å²) in [6, 6.07) is 6.08. The van der Waals surface area contributed by atoms with Crippen LogP contribution in [0.5, 0.6) is 0 Å². The molecule has 2 aromatic rings. The van der Waals surface area contributed by atoms with E-state index in [-0.39, 0.29) is 0 Å². The smallest absolute Gasteiger partial charge is 0.282 e. The molecule has 0 radical (unpaired) electrons. The van der Waals surface area contributed by atoms with Crippen molar-refractivity contribution in [3.63, 3.8) is 0 Å². The SMILES string of the molecule is CCn1c(C=CC=C2OCCN2C)[n+](CC)c2ccc(Cl)cc21. The summed E-state index contributed by atoms with van der Waals surface area (Å²) >= 11 is 6.19. The van der Waals surface area contributed by atoms with E-state index < -0.39 is 0 Å². The summed E-state index contributed by atoms with van der Waals surface area (Å²) in [5.41, 5.74) is 2.38. The van der Waals surface area contributed by atoms with E-state index in [2.05, 4.69) is 46.1 Å². The van der Waals surface area contributed by atoms with Gasteiger partial charge in [-0.25, -0.2) is 9.13 Å². The first kappa shape index (κ1) is 15.9. The Morgan fingerprint density at radius 3 is 2.83 bits per heavy atom. The minimum atomic E-state index is 0.763. The van der Waals surface area contributed by atoms with Crippen LogP contribution in [0.25, 0.3) is 17.1 Å². The molecule has 122 valence electrons. The number of nitrogens with zero attached hydrogens (tertiary/aromatic N) is 3. The quantitative estimate of drug-likeness (QED) is 0.800. The van der Waals surface area contributed by atoms with Crippen LogP contribution in [0, 0.1) is 0 Å². The molecule has 1 aliphatic rings. The van der Waals surface area contributed by atoms with Crippen molar-refractivity contribution in [3.05, 3.63) is 47.1 Å². The number of hydrogen-bond acceptors (Lipinski definition) is 2. The third-order valence-corrected chi connectivity index (χ3v) is 4.48. The number of benzene rings is 1. The number of imidazole rings is 1. The van der Waals surface area contributed by atoms with Crippen LogP contribution in [0.15, 0.2) is 36.2 Å². The number of rotatable bonds is 4. The molecule has 5 heteroatoms. The third kappa shape index (κ3) is 2.95. The third-order valence-electron chi connectivity index (χ3n) is 4.24. The molecular weight excluding hydrogens is 310 g/mol. The van der Waals surface area contributed by atoms with Gasteiger partial charge in [0.2, 0.25) is 0 Å². The van der Waals surface area contributed by atoms with Gasteiger partial charge in [-0.1, -0.05) is 11.6 Å². The van der Waals surface area contributed by atoms with Crippen molar-refractivity contribution in [2.24, 2.45) is 0 Å². The summed E-state index contributed by atoms with van der Waals surface area (Å²) in [6.45, 7) is 7.84. The number of likely N-dealkylation sites (N-methyl/N-ethyl adjacent to an activating group) is 1. The van der Waals surface area contributed by atoms with Crippen LogP contribution in [0.1, 0.15) is 19.7 Å². The number of aromatic nitrogens is 2. The maximum Gasteiger partial charge on any atom is 0.282 e. The first-order valence-corrected chi connectivity index (χ1v) is 8.47. The minimum Gasteiger partial charge on any atom is -0.477 e. The molecule has 0 N–H and O–H groups in total. The Morgan fingerprint density at radius 2 is 2.17 bits per heavy atom. The molecule has 0 atom stereocenters. The number of halogens is 1. The van der Waals surface area contributed by atoms with Gasteiger partial charge in [0.15, 0.2) is 16.9 Å². The van der Waals surface area contributed by atoms with Gasteiger partial charge in [0.25, 0.3) is 5.82 Å². The molecule has 1 aromatic heterocycles. The summed E-state index contributed by atoms with van der Waals surface area (Å²) < 4.78 is 10.2. The number of ether oxygens (including phenoxy) is 1. The van der Waals surface area contributed by atoms with E-state index in [0.29, 0.717) is 0 Å². The molecule has 0 spiro atoms. The van der Waals surface area contributed by atoms with Crippen molar-refractivity contribution >= 4 is 28.7 Å². The highest BCUT2D eigenvalue weighted by Crippen LogP contribution is 2.20. The highest BCUT2D eigenvalue weighted by atomic mass is 35.5. The van der Waals surface area contributed by atoms with Gasteiger partial charge < -0.3 is 9.64 Å². The Kier molecular flexibility index (Phi) is 4.62. The van der Waals surface area contributed by atoms with Gasteiger partial charge in [-0.05, 0) is 38.1 Å². The van der Waals surface area contributed by atoms with Crippen molar-refractivity contribution in [2.45, 2.75) is 26.9 Å². The second kappa shape index (κ2) is 6.67. The first-order chi connectivity index (χ1) is 11.2. The lowest BCUT2D eigenvalue weighted by Crippen LogP contribution is -2.35. The number of aryl methyl sites for hydroxylation is 2. The highest BCUT2D eigenvalue weighted by Gasteiger charge is 2.21. The highest BCUT2D eigenvalue weighted by molar-refractivity contribution is 6.31. The van der Waals surface area contributed by atoms with E-state index >= 15 is 0 Å². The van der Waals surface area contributed by atoms with Crippen LogP contribution >= 0.6 is 11.6 Å². The molecule has 0 bridgehead atoms. The van der Waals surface area contributed by atoms with Gasteiger partial charge in [0.1, 0.15) is 6.61 Å². The number of allylic oxidation sites excluding steroid dienone is 2. The number of hydrogen-bond donors (Lipinski definition) is 0. The van der Waals surface area contributed by atoms with Crippen molar-refractivity contribution in [2.75, 3.05) is 20.2 Å². The molecule has 1 fully saturated rings. The van der Waals surface area contributed by atoms with Crippen molar-refractivity contribution in [3.8, 4) is 0 Å². The second-order valence-corrected chi connectivity index (χ2v) is 6.05. The normalized spacial score (nSPS) is 16.9. The molecule has 1 aliphatic heterocycles. The zero-order chi connectivity index (χ0) is 16.4. The van der Waals surface area contributed by atoms with Crippen LogP contribution in [0.3, 0.4) is 0 Å². The van der Waals surface area contributed by atoms with Gasteiger partial charge in [0.05, 0.1) is 19.6 Å². The van der Waals surface area contributed by atoms with Gasteiger partial charge in [-0.3, -0.25) is 0 Å². The van der Waals surface area contributed by atoms with Crippen LogP contribution < -0.4 is 4.57 Å². The molecule has 1 saturated heterocycles. The largest absolute Gasteiger partial charge is 0.477 e. The fraction of sp³-hybridized carbons (Fsp3) is 0.389. The van der Waals surface area contributed by atoms with E-state index in [1.54, 1.807) is 0 Å². The van der Waals surface area contributed by atoms with Crippen molar-refractivity contribution < 1.29 is 9.30 Å². The fourth-order valence-corrected chi connectivity index (χ4v) is 3.24. The first-order valence-electron chi connectivity index (χ1n) is 8.09. The second-order valence-electron chi connectivity index (χ2n) is 5.61. The van der Waals surface area contributed by atoms with Crippen LogP contribution in [0.2, 0.25) is 5.02 Å². The molecule has 0 aliphatic carbocycles. The lowest BCUT2D eigenvalue weighted by atomic mass is 10.3. The van der Waals surface area contributed by atoms with Crippen LogP contribution in [-0.2, 0) is 17.8 Å². The topological polar surface area (TPSA) is 21.3 Å². The van der Waals surface area contributed by atoms with E-state index in [0.717, 1.165) is 37.1 Å². The molecule has 4 nitrogen and oxygen atoms in total. The number of fused-ring (bicyclic) bond motifs is 1. The Bertz CT molecular complexity index is 776. The molecule has 3 rings (SSSR count). The predicted molar refractivity (Wildman–Crippen MR) is 94.2 cm³/mol. The monoisotopic (exact) mass is 332 g/mol. The van der Waals surface area contributed by atoms with Gasteiger partial charge in [0, 0.05) is 24.2 Å². The molecule has 0 unspecified atom stereocenters.